The Morgan fingerprint density at radius 3 is 2.76 bits per heavy atom. The summed E-state index contributed by atoms with van der Waals surface area (Å²) in [5.41, 5.74) is 9.26. The van der Waals surface area contributed by atoms with Gasteiger partial charge in [-0.25, -0.2) is 0 Å². The highest BCUT2D eigenvalue weighted by Gasteiger charge is 2.20. The first kappa shape index (κ1) is 14.3. The SMILES string of the molecule is CCN(Cc1ccc(N)c2cccnc12)C1CCCCC1. The summed E-state index contributed by atoms with van der Waals surface area (Å²) < 4.78 is 0. The molecule has 0 unspecified atom stereocenters. The van der Waals surface area contributed by atoms with Gasteiger partial charge in [-0.15, -0.1) is 0 Å². The monoisotopic (exact) mass is 283 g/mol. The van der Waals surface area contributed by atoms with Gasteiger partial charge in [0.2, 0.25) is 0 Å². The fraction of sp³-hybridized carbons (Fsp3) is 0.500. The van der Waals surface area contributed by atoms with Crippen LogP contribution in [0, 0.1) is 0 Å². The smallest absolute Gasteiger partial charge is 0.0767 e. The maximum absolute atomic E-state index is 6.08. The molecule has 21 heavy (non-hydrogen) atoms. The van der Waals surface area contributed by atoms with Gasteiger partial charge in [-0.1, -0.05) is 32.3 Å². The number of nitrogen functional groups attached to an aromatic ring is 1. The number of hydrogen-bond acceptors (Lipinski definition) is 3. The van der Waals surface area contributed by atoms with E-state index in [-0.39, 0.29) is 0 Å². The molecule has 0 spiro atoms. The minimum absolute atomic E-state index is 0.736. The average molecular weight is 283 g/mol. The molecule has 2 N–H and O–H groups in total. The molecule has 3 nitrogen and oxygen atoms in total. The van der Waals surface area contributed by atoms with Gasteiger partial charge in [0.1, 0.15) is 0 Å². The largest absolute Gasteiger partial charge is 0.398 e. The number of nitrogens with zero attached hydrogens (tertiary/aromatic N) is 2. The van der Waals surface area contributed by atoms with Crippen LogP contribution >= 0.6 is 0 Å². The van der Waals surface area contributed by atoms with Crippen molar-refractivity contribution in [3.05, 3.63) is 36.0 Å². The van der Waals surface area contributed by atoms with Crippen molar-refractivity contribution in [2.24, 2.45) is 0 Å². The molecule has 1 aromatic heterocycles. The Morgan fingerprint density at radius 1 is 1.19 bits per heavy atom. The number of hydrogen-bond donors (Lipinski definition) is 1. The second-order valence-corrected chi connectivity index (χ2v) is 6.07. The lowest BCUT2D eigenvalue weighted by atomic mass is 9.93. The van der Waals surface area contributed by atoms with E-state index in [2.05, 4.69) is 28.9 Å². The summed E-state index contributed by atoms with van der Waals surface area (Å²) in [6, 6.07) is 8.93. The van der Waals surface area contributed by atoms with Gasteiger partial charge in [-0.2, -0.15) is 0 Å². The molecular formula is C18H25N3. The maximum atomic E-state index is 6.08. The topological polar surface area (TPSA) is 42.1 Å². The van der Waals surface area contributed by atoms with Crippen LogP contribution in [0.5, 0.6) is 0 Å². The highest BCUT2D eigenvalue weighted by atomic mass is 15.1. The van der Waals surface area contributed by atoms with E-state index in [1.165, 1.54) is 37.7 Å². The van der Waals surface area contributed by atoms with Crippen LogP contribution in [0.3, 0.4) is 0 Å². The van der Waals surface area contributed by atoms with Crippen LogP contribution < -0.4 is 5.73 Å². The van der Waals surface area contributed by atoms with E-state index in [0.29, 0.717) is 0 Å². The van der Waals surface area contributed by atoms with Gasteiger partial charge in [-0.05, 0) is 43.1 Å². The molecule has 1 saturated carbocycles. The molecule has 112 valence electrons. The number of benzene rings is 1. The predicted octanol–water partition coefficient (Wildman–Crippen LogP) is 3.97. The molecule has 1 fully saturated rings. The quantitative estimate of drug-likeness (QED) is 0.863. The summed E-state index contributed by atoms with van der Waals surface area (Å²) >= 11 is 0. The molecule has 0 saturated heterocycles. The summed E-state index contributed by atoms with van der Waals surface area (Å²) in [5, 5.41) is 1.08. The minimum atomic E-state index is 0.736. The molecule has 0 bridgehead atoms. The molecule has 0 aliphatic heterocycles. The second kappa shape index (κ2) is 6.44. The molecule has 1 heterocycles. The Morgan fingerprint density at radius 2 is 2.00 bits per heavy atom. The molecule has 3 heteroatoms. The van der Waals surface area contributed by atoms with Gasteiger partial charge in [0.25, 0.3) is 0 Å². The fourth-order valence-corrected chi connectivity index (χ4v) is 3.54. The lowest BCUT2D eigenvalue weighted by Crippen LogP contribution is -2.36. The Labute approximate surface area is 127 Å². The molecule has 2 aromatic rings. The Kier molecular flexibility index (Phi) is 4.39. The van der Waals surface area contributed by atoms with Crippen molar-refractivity contribution in [1.29, 1.82) is 0 Å². The number of rotatable bonds is 4. The first-order chi connectivity index (χ1) is 10.3. The van der Waals surface area contributed by atoms with E-state index in [1.807, 2.05) is 18.3 Å². The highest BCUT2D eigenvalue weighted by Crippen LogP contribution is 2.27. The molecule has 0 amide bonds. The van der Waals surface area contributed by atoms with Crippen molar-refractivity contribution in [3.8, 4) is 0 Å². The molecule has 0 atom stereocenters. The van der Waals surface area contributed by atoms with Crippen molar-refractivity contribution >= 4 is 16.6 Å². The van der Waals surface area contributed by atoms with Crippen LogP contribution in [0.4, 0.5) is 5.69 Å². The summed E-state index contributed by atoms with van der Waals surface area (Å²) in [7, 11) is 0. The Bertz CT molecular complexity index is 602. The van der Waals surface area contributed by atoms with Crippen LogP contribution in [0.1, 0.15) is 44.6 Å². The third kappa shape index (κ3) is 3.03. The van der Waals surface area contributed by atoms with Gasteiger partial charge in [0.05, 0.1) is 5.52 Å². The normalized spacial score (nSPS) is 16.7. The van der Waals surface area contributed by atoms with Gasteiger partial charge < -0.3 is 5.73 Å². The molecule has 1 aliphatic carbocycles. The van der Waals surface area contributed by atoms with Crippen LogP contribution in [-0.4, -0.2) is 22.5 Å². The van der Waals surface area contributed by atoms with Gasteiger partial charge in [0.15, 0.2) is 0 Å². The van der Waals surface area contributed by atoms with Crippen LogP contribution in [0.15, 0.2) is 30.5 Å². The number of fused-ring (bicyclic) bond motifs is 1. The first-order valence-corrected chi connectivity index (χ1v) is 8.15. The van der Waals surface area contributed by atoms with Crippen molar-refractivity contribution in [2.75, 3.05) is 12.3 Å². The van der Waals surface area contributed by atoms with Crippen LogP contribution in [0.2, 0.25) is 0 Å². The first-order valence-electron chi connectivity index (χ1n) is 8.15. The summed E-state index contributed by atoms with van der Waals surface area (Å²) in [4.78, 5) is 7.18. The summed E-state index contributed by atoms with van der Waals surface area (Å²) in [5.74, 6) is 0. The van der Waals surface area contributed by atoms with Crippen molar-refractivity contribution in [3.63, 3.8) is 0 Å². The number of pyridine rings is 1. The van der Waals surface area contributed by atoms with E-state index in [1.54, 1.807) is 0 Å². The second-order valence-electron chi connectivity index (χ2n) is 6.07. The zero-order valence-electron chi connectivity index (χ0n) is 12.9. The van der Waals surface area contributed by atoms with Crippen LogP contribution in [0.25, 0.3) is 10.9 Å². The third-order valence-corrected chi connectivity index (χ3v) is 4.76. The third-order valence-electron chi connectivity index (χ3n) is 4.76. The van der Waals surface area contributed by atoms with Crippen molar-refractivity contribution in [2.45, 2.75) is 51.6 Å². The molecule has 0 radical (unpaired) electrons. The van der Waals surface area contributed by atoms with E-state index in [4.69, 9.17) is 5.73 Å². The summed E-state index contributed by atoms with van der Waals surface area (Å²) in [6.07, 6.45) is 8.70. The zero-order chi connectivity index (χ0) is 14.7. The van der Waals surface area contributed by atoms with E-state index < -0.39 is 0 Å². The minimum Gasteiger partial charge on any atom is -0.398 e. The molecular weight excluding hydrogens is 258 g/mol. The number of aromatic nitrogens is 1. The van der Waals surface area contributed by atoms with Crippen LogP contribution in [-0.2, 0) is 6.54 Å². The highest BCUT2D eigenvalue weighted by molar-refractivity contribution is 5.92. The average Bonchev–Trinajstić information content (AvgIpc) is 2.55. The van der Waals surface area contributed by atoms with Gasteiger partial charge in [-0.3, -0.25) is 9.88 Å². The van der Waals surface area contributed by atoms with E-state index in [0.717, 1.165) is 35.7 Å². The Balaban J connectivity index is 1.87. The van der Waals surface area contributed by atoms with E-state index in [9.17, 15) is 0 Å². The Hall–Kier alpha value is -1.61. The maximum Gasteiger partial charge on any atom is 0.0767 e. The fourth-order valence-electron chi connectivity index (χ4n) is 3.54. The zero-order valence-corrected chi connectivity index (χ0v) is 12.9. The summed E-state index contributed by atoms with van der Waals surface area (Å²) in [6.45, 7) is 4.35. The van der Waals surface area contributed by atoms with Gasteiger partial charge >= 0.3 is 0 Å². The lowest BCUT2D eigenvalue weighted by Gasteiger charge is -2.33. The number of anilines is 1. The van der Waals surface area contributed by atoms with Crippen molar-refractivity contribution < 1.29 is 0 Å². The predicted molar refractivity (Wildman–Crippen MR) is 89.1 cm³/mol. The van der Waals surface area contributed by atoms with Crippen molar-refractivity contribution in [1.82, 2.24) is 9.88 Å². The molecule has 1 aromatic carbocycles. The lowest BCUT2D eigenvalue weighted by molar-refractivity contribution is 0.156. The van der Waals surface area contributed by atoms with Gasteiger partial charge in [0, 0.05) is 29.9 Å². The number of nitrogens with two attached hydrogens (primary N) is 1. The standard InChI is InChI=1S/C18H25N3/c1-2-21(15-7-4-3-5-8-15)13-14-10-11-17(19)16-9-6-12-20-18(14)16/h6,9-12,15H,2-5,7-8,13,19H2,1H3. The molecule has 3 rings (SSSR count). The van der Waals surface area contributed by atoms with E-state index >= 15 is 0 Å². The molecule has 1 aliphatic rings.